The lowest BCUT2D eigenvalue weighted by atomic mass is 10.1. The highest BCUT2D eigenvalue weighted by atomic mass is 16.5. The SMILES string of the molecule is CC(C)C.COC(=O)CNC(=O)c1ccc(N)c(C)c1. The van der Waals surface area contributed by atoms with E-state index in [1.165, 1.54) is 7.11 Å². The number of nitrogen functional groups attached to an aromatic ring is 1. The van der Waals surface area contributed by atoms with Gasteiger partial charge in [0.15, 0.2) is 0 Å². The standard InChI is InChI=1S/C11H14N2O3.C4H10/c1-7-5-8(3-4-9(7)12)11(15)13-6-10(14)16-2;1-4(2)3/h3-5H,6,12H2,1-2H3,(H,13,15);4H,1-3H3. The quantitative estimate of drug-likeness (QED) is 0.656. The van der Waals surface area contributed by atoms with Crippen molar-refractivity contribution in [3.8, 4) is 0 Å². The van der Waals surface area contributed by atoms with Crippen molar-refractivity contribution in [1.29, 1.82) is 0 Å². The fourth-order valence-electron chi connectivity index (χ4n) is 1.14. The molecule has 0 radical (unpaired) electrons. The van der Waals surface area contributed by atoms with Gasteiger partial charge in [0.2, 0.25) is 0 Å². The lowest BCUT2D eigenvalue weighted by Crippen LogP contribution is -2.30. The summed E-state index contributed by atoms with van der Waals surface area (Å²) in [6, 6.07) is 4.93. The number of nitrogens with two attached hydrogens (primary N) is 1. The topological polar surface area (TPSA) is 81.4 Å². The van der Waals surface area contributed by atoms with Crippen molar-refractivity contribution in [2.24, 2.45) is 5.92 Å². The monoisotopic (exact) mass is 280 g/mol. The number of hydrogen-bond acceptors (Lipinski definition) is 4. The van der Waals surface area contributed by atoms with Crippen LogP contribution in [0.1, 0.15) is 36.7 Å². The summed E-state index contributed by atoms with van der Waals surface area (Å²) in [5.74, 6) is 0.0222. The number of esters is 1. The first-order valence-electron chi connectivity index (χ1n) is 6.49. The van der Waals surface area contributed by atoms with Crippen LogP contribution in [-0.4, -0.2) is 25.5 Å². The van der Waals surface area contributed by atoms with E-state index in [4.69, 9.17) is 5.73 Å². The maximum Gasteiger partial charge on any atom is 0.325 e. The van der Waals surface area contributed by atoms with Gasteiger partial charge in [0.25, 0.3) is 5.91 Å². The van der Waals surface area contributed by atoms with Crippen LogP contribution in [0.4, 0.5) is 5.69 Å². The number of carbonyl (C=O) groups excluding carboxylic acids is 2. The van der Waals surface area contributed by atoms with Crippen molar-refractivity contribution in [2.45, 2.75) is 27.7 Å². The number of methoxy groups -OCH3 is 1. The summed E-state index contributed by atoms with van der Waals surface area (Å²) in [6.45, 7) is 8.17. The highest BCUT2D eigenvalue weighted by Crippen LogP contribution is 2.12. The zero-order chi connectivity index (χ0) is 15.7. The van der Waals surface area contributed by atoms with Gasteiger partial charge in [-0.05, 0) is 36.6 Å². The van der Waals surface area contributed by atoms with Crippen LogP contribution >= 0.6 is 0 Å². The summed E-state index contributed by atoms with van der Waals surface area (Å²) < 4.78 is 4.41. The van der Waals surface area contributed by atoms with Crippen LogP contribution in [0.2, 0.25) is 0 Å². The number of hydrogen-bond donors (Lipinski definition) is 2. The van der Waals surface area contributed by atoms with Gasteiger partial charge in [0, 0.05) is 11.3 Å². The van der Waals surface area contributed by atoms with E-state index in [0.717, 1.165) is 11.5 Å². The molecule has 0 saturated heterocycles. The zero-order valence-electron chi connectivity index (χ0n) is 12.8. The summed E-state index contributed by atoms with van der Waals surface area (Å²) in [6.07, 6.45) is 0. The molecule has 1 amide bonds. The lowest BCUT2D eigenvalue weighted by molar-refractivity contribution is -0.139. The Labute approximate surface area is 120 Å². The van der Waals surface area contributed by atoms with Crippen LogP contribution in [0.15, 0.2) is 18.2 Å². The minimum Gasteiger partial charge on any atom is -0.468 e. The third kappa shape index (κ3) is 7.41. The molecule has 112 valence electrons. The molecule has 20 heavy (non-hydrogen) atoms. The van der Waals surface area contributed by atoms with Gasteiger partial charge < -0.3 is 15.8 Å². The van der Waals surface area contributed by atoms with E-state index in [-0.39, 0.29) is 12.5 Å². The van der Waals surface area contributed by atoms with Crippen molar-refractivity contribution in [3.05, 3.63) is 29.3 Å². The van der Waals surface area contributed by atoms with Crippen molar-refractivity contribution in [1.82, 2.24) is 5.32 Å². The molecule has 5 heteroatoms. The first-order valence-corrected chi connectivity index (χ1v) is 6.49. The number of ether oxygens (including phenoxy) is 1. The molecule has 0 aromatic heterocycles. The van der Waals surface area contributed by atoms with Gasteiger partial charge in [-0.2, -0.15) is 0 Å². The molecule has 0 aliphatic carbocycles. The summed E-state index contributed by atoms with van der Waals surface area (Å²) in [5, 5.41) is 2.44. The highest BCUT2D eigenvalue weighted by Gasteiger charge is 2.08. The number of rotatable bonds is 3. The Morgan fingerprint density at radius 2 is 1.85 bits per heavy atom. The Morgan fingerprint density at radius 3 is 2.30 bits per heavy atom. The molecule has 0 aliphatic rings. The summed E-state index contributed by atoms with van der Waals surface area (Å²) in [7, 11) is 1.27. The molecule has 5 nitrogen and oxygen atoms in total. The van der Waals surface area contributed by atoms with Gasteiger partial charge in [0.1, 0.15) is 6.54 Å². The Balaban J connectivity index is 0.000000796. The average Bonchev–Trinajstić information content (AvgIpc) is 2.38. The van der Waals surface area contributed by atoms with Gasteiger partial charge in [-0.25, -0.2) is 0 Å². The van der Waals surface area contributed by atoms with Crippen molar-refractivity contribution < 1.29 is 14.3 Å². The number of anilines is 1. The average molecular weight is 280 g/mol. The van der Waals surface area contributed by atoms with Gasteiger partial charge in [-0.1, -0.05) is 20.8 Å². The summed E-state index contributed by atoms with van der Waals surface area (Å²) >= 11 is 0. The largest absolute Gasteiger partial charge is 0.468 e. The molecular formula is C15H24N2O3. The second-order valence-corrected chi connectivity index (χ2v) is 5.06. The number of carbonyl (C=O) groups is 2. The molecule has 0 aliphatic heterocycles. The third-order valence-electron chi connectivity index (χ3n) is 2.15. The molecule has 0 spiro atoms. The molecule has 0 saturated carbocycles. The minimum absolute atomic E-state index is 0.140. The van der Waals surface area contributed by atoms with Crippen molar-refractivity contribution >= 4 is 17.6 Å². The van der Waals surface area contributed by atoms with Crippen LogP contribution in [0.25, 0.3) is 0 Å². The molecule has 1 aromatic rings. The van der Waals surface area contributed by atoms with Crippen LogP contribution < -0.4 is 11.1 Å². The van der Waals surface area contributed by atoms with Crippen molar-refractivity contribution in [3.63, 3.8) is 0 Å². The first-order chi connectivity index (χ1) is 9.27. The molecule has 0 heterocycles. The minimum atomic E-state index is -0.486. The van der Waals surface area contributed by atoms with E-state index < -0.39 is 5.97 Å². The van der Waals surface area contributed by atoms with E-state index in [1.807, 2.05) is 6.92 Å². The van der Waals surface area contributed by atoms with Gasteiger partial charge in [0.05, 0.1) is 7.11 Å². The smallest absolute Gasteiger partial charge is 0.325 e. The lowest BCUT2D eigenvalue weighted by Gasteiger charge is -2.06. The van der Waals surface area contributed by atoms with Crippen LogP contribution in [0.3, 0.4) is 0 Å². The molecule has 0 bridgehead atoms. The zero-order valence-corrected chi connectivity index (χ0v) is 12.8. The normalized spacial score (nSPS) is 9.50. The van der Waals surface area contributed by atoms with Gasteiger partial charge >= 0.3 is 5.97 Å². The Kier molecular flexibility index (Phi) is 8.04. The Morgan fingerprint density at radius 1 is 1.30 bits per heavy atom. The number of amides is 1. The third-order valence-corrected chi connectivity index (χ3v) is 2.15. The molecule has 1 aromatic carbocycles. The molecule has 0 fully saturated rings. The van der Waals surface area contributed by atoms with E-state index in [2.05, 4.69) is 30.8 Å². The number of aryl methyl sites for hydroxylation is 1. The predicted molar refractivity (Wildman–Crippen MR) is 80.5 cm³/mol. The predicted octanol–water partition coefficient (Wildman–Crippen LogP) is 2.14. The van der Waals surface area contributed by atoms with E-state index >= 15 is 0 Å². The number of benzene rings is 1. The fraction of sp³-hybridized carbons (Fsp3) is 0.467. The molecular weight excluding hydrogens is 256 g/mol. The fourth-order valence-corrected chi connectivity index (χ4v) is 1.14. The maximum atomic E-state index is 11.6. The number of nitrogens with one attached hydrogen (secondary N) is 1. The summed E-state index contributed by atoms with van der Waals surface area (Å²) in [5.41, 5.74) is 7.55. The second kappa shape index (κ2) is 8.96. The van der Waals surface area contributed by atoms with Crippen molar-refractivity contribution in [2.75, 3.05) is 19.4 Å². The van der Waals surface area contributed by atoms with Gasteiger partial charge in [-0.3, -0.25) is 9.59 Å². The molecule has 0 atom stereocenters. The Hall–Kier alpha value is -2.04. The molecule has 1 rings (SSSR count). The van der Waals surface area contributed by atoms with E-state index in [9.17, 15) is 9.59 Å². The Bertz CT molecular complexity index is 454. The van der Waals surface area contributed by atoms with Crippen LogP contribution in [0.5, 0.6) is 0 Å². The first kappa shape index (κ1) is 18.0. The summed E-state index contributed by atoms with van der Waals surface area (Å²) in [4.78, 5) is 22.4. The molecule has 3 N–H and O–H groups in total. The highest BCUT2D eigenvalue weighted by molar-refractivity contribution is 5.96. The van der Waals surface area contributed by atoms with Crippen LogP contribution in [0, 0.1) is 12.8 Å². The van der Waals surface area contributed by atoms with Gasteiger partial charge in [-0.15, -0.1) is 0 Å². The second-order valence-electron chi connectivity index (χ2n) is 5.06. The van der Waals surface area contributed by atoms with Crippen LogP contribution in [-0.2, 0) is 9.53 Å². The molecule has 0 unspecified atom stereocenters. The van der Waals surface area contributed by atoms with E-state index in [0.29, 0.717) is 11.3 Å². The van der Waals surface area contributed by atoms with E-state index in [1.54, 1.807) is 18.2 Å². The maximum absolute atomic E-state index is 11.6.